The van der Waals surface area contributed by atoms with Crippen molar-refractivity contribution in [2.45, 2.75) is 26.4 Å². The first kappa shape index (κ1) is 19.1. The van der Waals surface area contributed by atoms with Crippen LogP contribution in [0.5, 0.6) is 0 Å². The molecule has 134 valence electrons. The van der Waals surface area contributed by atoms with Gasteiger partial charge in [-0.3, -0.25) is 4.79 Å². The Labute approximate surface area is 150 Å². The molecular formula is C18H22N2O4S. The quantitative estimate of drug-likeness (QED) is 0.422. The van der Waals surface area contributed by atoms with Crippen molar-refractivity contribution < 1.29 is 19.1 Å². The zero-order chi connectivity index (χ0) is 18.1. The first-order chi connectivity index (χ1) is 12.0. The molecule has 0 unspecified atom stereocenters. The molecule has 1 aromatic heterocycles. The van der Waals surface area contributed by atoms with Gasteiger partial charge in [-0.05, 0) is 38.5 Å². The van der Waals surface area contributed by atoms with E-state index in [0.717, 1.165) is 16.6 Å². The van der Waals surface area contributed by atoms with Gasteiger partial charge in [-0.2, -0.15) is 0 Å². The fourth-order valence-corrected chi connectivity index (χ4v) is 2.83. The number of nitrogens with zero attached hydrogens (tertiary/aromatic N) is 1. The van der Waals surface area contributed by atoms with Crippen molar-refractivity contribution in [3.63, 3.8) is 0 Å². The average Bonchev–Trinajstić information content (AvgIpc) is 3.00. The maximum atomic E-state index is 11.7. The molecule has 0 saturated heterocycles. The van der Waals surface area contributed by atoms with Gasteiger partial charge >= 0.3 is 5.97 Å². The molecule has 1 N–H and O–H groups in total. The van der Waals surface area contributed by atoms with E-state index < -0.39 is 5.97 Å². The number of rotatable bonds is 9. The van der Waals surface area contributed by atoms with E-state index in [1.165, 1.54) is 17.4 Å². The molecule has 1 heterocycles. The first-order valence-electron chi connectivity index (χ1n) is 8.13. The van der Waals surface area contributed by atoms with E-state index in [1.54, 1.807) is 6.08 Å². The number of fused-ring (bicyclic) bond motifs is 1. The highest BCUT2D eigenvalue weighted by Gasteiger charge is 2.05. The number of para-hydroxylation sites is 1. The molecule has 7 heteroatoms. The molecule has 0 aliphatic heterocycles. The number of hydrogen-bond donors (Lipinski definition) is 1. The van der Waals surface area contributed by atoms with Gasteiger partial charge in [-0.1, -0.05) is 12.1 Å². The van der Waals surface area contributed by atoms with Gasteiger partial charge in [0.2, 0.25) is 0 Å². The number of carbonyl (C=O) groups is 2. The molecule has 0 fully saturated rings. The van der Waals surface area contributed by atoms with Crippen molar-refractivity contribution in [2.75, 3.05) is 19.8 Å². The normalized spacial score (nSPS) is 11.3. The third kappa shape index (κ3) is 7.03. The molecule has 0 atom stereocenters. The number of nitrogens with one attached hydrogen (secondary N) is 1. The standard InChI is InChI=1S/C18H22N2O4S/c1-13(2)23-11-5-10-19-16(21)12-24-18(22)9-8-17-20-14-6-3-4-7-15(14)25-17/h3-4,6-9,13H,5,10-12H2,1-2H3,(H,19,21)/b9-8+. The fourth-order valence-electron chi connectivity index (χ4n) is 1.96. The summed E-state index contributed by atoms with van der Waals surface area (Å²) in [6.07, 6.45) is 3.77. The molecule has 6 nitrogen and oxygen atoms in total. The number of benzene rings is 1. The van der Waals surface area contributed by atoms with Crippen LogP contribution < -0.4 is 5.32 Å². The Balaban J connectivity index is 1.66. The first-order valence-corrected chi connectivity index (χ1v) is 8.95. The van der Waals surface area contributed by atoms with E-state index in [2.05, 4.69) is 10.3 Å². The summed E-state index contributed by atoms with van der Waals surface area (Å²) in [4.78, 5) is 27.6. The number of carbonyl (C=O) groups excluding carboxylic acids is 2. The Kier molecular flexibility index (Phi) is 7.56. The number of aromatic nitrogens is 1. The second-order valence-corrected chi connectivity index (χ2v) is 6.65. The van der Waals surface area contributed by atoms with Crippen LogP contribution in [-0.2, 0) is 19.1 Å². The molecule has 0 saturated carbocycles. The van der Waals surface area contributed by atoms with Gasteiger partial charge in [-0.15, -0.1) is 11.3 Å². The minimum absolute atomic E-state index is 0.180. The molecule has 0 aliphatic rings. The lowest BCUT2D eigenvalue weighted by Crippen LogP contribution is -2.30. The van der Waals surface area contributed by atoms with Crippen molar-refractivity contribution in [2.24, 2.45) is 0 Å². The molecule has 2 aromatic rings. The number of ether oxygens (including phenoxy) is 2. The average molecular weight is 362 g/mol. The Hall–Kier alpha value is -2.25. The lowest BCUT2D eigenvalue weighted by Gasteiger charge is -2.08. The number of hydrogen-bond acceptors (Lipinski definition) is 6. The van der Waals surface area contributed by atoms with Crippen molar-refractivity contribution in [3.05, 3.63) is 35.3 Å². The van der Waals surface area contributed by atoms with E-state index in [0.29, 0.717) is 18.2 Å². The second-order valence-electron chi connectivity index (χ2n) is 5.58. The summed E-state index contributed by atoms with van der Waals surface area (Å²) in [6.45, 7) is 4.70. The molecule has 25 heavy (non-hydrogen) atoms. The molecular weight excluding hydrogens is 340 g/mol. The van der Waals surface area contributed by atoms with Crippen LogP contribution in [0.2, 0.25) is 0 Å². The highest BCUT2D eigenvalue weighted by molar-refractivity contribution is 7.19. The summed E-state index contributed by atoms with van der Waals surface area (Å²) in [6, 6.07) is 7.74. The zero-order valence-corrected chi connectivity index (χ0v) is 15.2. The van der Waals surface area contributed by atoms with E-state index >= 15 is 0 Å². The van der Waals surface area contributed by atoms with Gasteiger partial charge in [0.1, 0.15) is 5.01 Å². The second kappa shape index (κ2) is 9.90. The predicted octanol–water partition coefficient (Wildman–Crippen LogP) is 2.78. The van der Waals surface area contributed by atoms with Crippen LogP contribution in [0, 0.1) is 0 Å². The number of thiazole rings is 1. The summed E-state index contributed by atoms with van der Waals surface area (Å²) in [5, 5.41) is 3.39. The Bertz CT molecular complexity index is 707. The lowest BCUT2D eigenvalue weighted by molar-refractivity contribution is -0.143. The van der Waals surface area contributed by atoms with Gasteiger partial charge in [0.25, 0.3) is 5.91 Å². The summed E-state index contributed by atoms with van der Waals surface area (Å²) >= 11 is 1.48. The van der Waals surface area contributed by atoms with Crippen LogP contribution in [0.3, 0.4) is 0 Å². The van der Waals surface area contributed by atoms with Crippen LogP contribution >= 0.6 is 11.3 Å². The van der Waals surface area contributed by atoms with E-state index in [-0.39, 0.29) is 18.6 Å². The SMILES string of the molecule is CC(C)OCCCNC(=O)COC(=O)/C=C/c1nc2ccccc2s1. The van der Waals surface area contributed by atoms with Crippen molar-refractivity contribution >= 4 is 39.5 Å². The molecule has 0 radical (unpaired) electrons. The summed E-state index contributed by atoms with van der Waals surface area (Å²) in [5.74, 6) is -0.899. The van der Waals surface area contributed by atoms with Gasteiger partial charge in [0.15, 0.2) is 6.61 Å². The molecule has 0 aliphatic carbocycles. The molecule has 1 amide bonds. The smallest absolute Gasteiger partial charge is 0.331 e. The Morgan fingerprint density at radius 2 is 2.12 bits per heavy atom. The molecule has 1 aromatic carbocycles. The van der Waals surface area contributed by atoms with Crippen molar-refractivity contribution in [1.82, 2.24) is 10.3 Å². The third-order valence-corrected chi connectivity index (χ3v) is 4.11. The molecule has 0 spiro atoms. The number of esters is 1. The molecule has 2 rings (SSSR count). The Morgan fingerprint density at radius 1 is 1.32 bits per heavy atom. The Morgan fingerprint density at radius 3 is 2.88 bits per heavy atom. The molecule has 0 bridgehead atoms. The van der Waals surface area contributed by atoms with Crippen LogP contribution in [0.15, 0.2) is 30.3 Å². The summed E-state index contributed by atoms with van der Waals surface area (Å²) in [5.41, 5.74) is 0.890. The highest BCUT2D eigenvalue weighted by Crippen LogP contribution is 2.22. The topological polar surface area (TPSA) is 77.5 Å². The van der Waals surface area contributed by atoms with E-state index in [1.807, 2.05) is 38.1 Å². The van der Waals surface area contributed by atoms with Gasteiger partial charge < -0.3 is 14.8 Å². The van der Waals surface area contributed by atoms with E-state index in [9.17, 15) is 9.59 Å². The van der Waals surface area contributed by atoms with Crippen LogP contribution in [0.4, 0.5) is 0 Å². The van der Waals surface area contributed by atoms with E-state index in [4.69, 9.17) is 9.47 Å². The lowest BCUT2D eigenvalue weighted by atomic mass is 10.3. The maximum absolute atomic E-state index is 11.7. The monoisotopic (exact) mass is 362 g/mol. The summed E-state index contributed by atoms with van der Waals surface area (Å²) in [7, 11) is 0. The minimum Gasteiger partial charge on any atom is -0.452 e. The van der Waals surface area contributed by atoms with Crippen molar-refractivity contribution in [1.29, 1.82) is 0 Å². The van der Waals surface area contributed by atoms with Crippen molar-refractivity contribution in [3.8, 4) is 0 Å². The summed E-state index contributed by atoms with van der Waals surface area (Å²) < 4.78 is 11.3. The van der Waals surface area contributed by atoms with Crippen LogP contribution in [-0.4, -0.2) is 42.7 Å². The van der Waals surface area contributed by atoms with Crippen LogP contribution in [0.1, 0.15) is 25.3 Å². The predicted molar refractivity (Wildman–Crippen MR) is 98.3 cm³/mol. The van der Waals surface area contributed by atoms with Gasteiger partial charge in [-0.25, -0.2) is 9.78 Å². The zero-order valence-electron chi connectivity index (χ0n) is 14.4. The number of amides is 1. The highest BCUT2D eigenvalue weighted by atomic mass is 32.1. The van der Waals surface area contributed by atoms with Crippen LogP contribution in [0.25, 0.3) is 16.3 Å². The fraction of sp³-hybridized carbons (Fsp3) is 0.389. The third-order valence-electron chi connectivity index (χ3n) is 3.11. The minimum atomic E-state index is -0.572. The maximum Gasteiger partial charge on any atom is 0.331 e. The van der Waals surface area contributed by atoms with Gasteiger partial charge in [0.05, 0.1) is 16.3 Å². The van der Waals surface area contributed by atoms with Gasteiger partial charge in [0, 0.05) is 19.2 Å². The largest absolute Gasteiger partial charge is 0.452 e.